The summed E-state index contributed by atoms with van der Waals surface area (Å²) in [5.41, 5.74) is 1.98. The molecule has 0 saturated carbocycles. The summed E-state index contributed by atoms with van der Waals surface area (Å²) in [6, 6.07) is 22.4. The maximum Gasteiger partial charge on any atom is 0.308 e. The van der Waals surface area contributed by atoms with Crippen LogP contribution < -0.4 is 9.64 Å². The number of para-hydroxylation sites is 3. The van der Waals surface area contributed by atoms with E-state index in [2.05, 4.69) is 0 Å². The average Bonchev–Trinajstić information content (AvgIpc) is 2.65. The highest BCUT2D eigenvalue weighted by molar-refractivity contribution is 7.99. The van der Waals surface area contributed by atoms with E-state index in [1.807, 2.05) is 48.5 Å². The molecule has 5 heteroatoms. The molecule has 0 aromatic heterocycles. The first-order valence-electron chi connectivity index (χ1n) is 8.13. The summed E-state index contributed by atoms with van der Waals surface area (Å²) in [5.74, 6) is -0.430. The first-order chi connectivity index (χ1) is 12.6. The van der Waals surface area contributed by atoms with Gasteiger partial charge in [-0.25, -0.2) is 0 Å². The Hall–Kier alpha value is -3.05. The molecule has 0 fully saturated rings. The van der Waals surface area contributed by atoms with Crippen LogP contribution in [0.4, 0.5) is 11.4 Å². The van der Waals surface area contributed by atoms with Gasteiger partial charge in [0.2, 0.25) is 0 Å². The van der Waals surface area contributed by atoms with Crippen LogP contribution >= 0.6 is 11.8 Å². The first-order valence-corrected chi connectivity index (χ1v) is 8.94. The standard InChI is InChI=1S/C21H15NO3S/c1-14(23)25-18-11-5-2-8-15(18)21(24)22-16-9-3-6-12-19(16)26-20-13-7-4-10-17(20)22/h2-13H,1H3. The second-order valence-electron chi connectivity index (χ2n) is 5.77. The number of nitrogens with zero attached hydrogens (tertiary/aromatic N) is 1. The van der Waals surface area contributed by atoms with Crippen molar-refractivity contribution in [2.24, 2.45) is 0 Å². The SMILES string of the molecule is CC(=O)Oc1ccccc1C(=O)N1c2ccccc2Sc2ccccc21. The van der Waals surface area contributed by atoms with E-state index in [1.54, 1.807) is 40.9 Å². The monoisotopic (exact) mass is 361 g/mol. The summed E-state index contributed by atoms with van der Waals surface area (Å²) in [5, 5.41) is 0. The fourth-order valence-electron chi connectivity index (χ4n) is 2.93. The van der Waals surface area contributed by atoms with E-state index in [-0.39, 0.29) is 11.7 Å². The highest BCUT2D eigenvalue weighted by atomic mass is 32.2. The molecule has 0 radical (unpaired) electrons. The molecule has 1 heterocycles. The number of anilines is 2. The van der Waals surface area contributed by atoms with Gasteiger partial charge in [0.05, 0.1) is 16.9 Å². The topological polar surface area (TPSA) is 46.6 Å². The predicted octanol–water partition coefficient (Wildman–Crippen LogP) is 5.06. The lowest BCUT2D eigenvalue weighted by atomic mass is 10.1. The van der Waals surface area contributed by atoms with Crippen LogP contribution in [0.5, 0.6) is 5.75 Å². The fourth-order valence-corrected chi connectivity index (χ4v) is 3.99. The molecule has 4 nitrogen and oxygen atoms in total. The number of ether oxygens (including phenoxy) is 1. The van der Waals surface area contributed by atoms with Gasteiger partial charge >= 0.3 is 5.97 Å². The van der Waals surface area contributed by atoms with Crippen LogP contribution in [0.1, 0.15) is 17.3 Å². The molecule has 3 aromatic carbocycles. The predicted molar refractivity (Wildman–Crippen MR) is 101 cm³/mol. The van der Waals surface area contributed by atoms with Gasteiger partial charge in [-0.05, 0) is 36.4 Å². The van der Waals surface area contributed by atoms with Crippen molar-refractivity contribution < 1.29 is 14.3 Å². The molecule has 0 bridgehead atoms. The minimum Gasteiger partial charge on any atom is -0.426 e. The van der Waals surface area contributed by atoms with Crippen molar-refractivity contribution in [3.8, 4) is 5.75 Å². The van der Waals surface area contributed by atoms with Crippen molar-refractivity contribution in [3.63, 3.8) is 0 Å². The Bertz CT molecular complexity index is 970. The van der Waals surface area contributed by atoms with Crippen molar-refractivity contribution in [2.75, 3.05) is 4.90 Å². The van der Waals surface area contributed by atoms with E-state index < -0.39 is 5.97 Å². The zero-order valence-corrected chi connectivity index (χ0v) is 14.8. The summed E-state index contributed by atoms with van der Waals surface area (Å²) in [6.45, 7) is 1.32. The van der Waals surface area contributed by atoms with Crippen LogP contribution in [0.15, 0.2) is 82.6 Å². The maximum absolute atomic E-state index is 13.5. The summed E-state index contributed by atoms with van der Waals surface area (Å²) in [7, 11) is 0. The lowest BCUT2D eigenvalue weighted by molar-refractivity contribution is -0.131. The number of benzene rings is 3. The van der Waals surface area contributed by atoms with Crippen LogP contribution in [0.3, 0.4) is 0 Å². The highest BCUT2D eigenvalue weighted by Gasteiger charge is 2.30. The zero-order valence-electron chi connectivity index (χ0n) is 14.0. The van der Waals surface area contributed by atoms with Gasteiger partial charge < -0.3 is 4.74 Å². The van der Waals surface area contributed by atoms with Crippen molar-refractivity contribution in [2.45, 2.75) is 16.7 Å². The summed E-state index contributed by atoms with van der Waals surface area (Å²) in [6.07, 6.45) is 0. The first kappa shape index (κ1) is 16.4. The van der Waals surface area contributed by atoms with E-state index >= 15 is 0 Å². The van der Waals surface area contributed by atoms with Gasteiger partial charge in [-0.2, -0.15) is 0 Å². The van der Waals surface area contributed by atoms with E-state index in [9.17, 15) is 9.59 Å². The van der Waals surface area contributed by atoms with Crippen molar-refractivity contribution in [1.82, 2.24) is 0 Å². The Kier molecular flexibility index (Phi) is 4.22. The number of carbonyl (C=O) groups excluding carboxylic acids is 2. The Labute approximate surface area is 155 Å². The molecule has 1 aliphatic rings. The number of fused-ring (bicyclic) bond motifs is 2. The van der Waals surface area contributed by atoms with Crippen LogP contribution in [0, 0.1) is 0 Å². The van der Waals surface area contributed by atoms with E-state index in [0.29, 0.717) is 5.56 Å². The Balaban J connectivity index is 1.86. The van der Waals surface area contributed by atoms with Crippen LogP contribution in [-0.4, -0.2) is 11.9 Å². The summed E-state index contributed by atoms with van der Waals surface area (Å²) < 4.78 is 5.24. The number of hydrogen-bond acceptors (Lipinski definition) is 4. The molecule has 0 spiro atoms. The van der Waals surface area contributed by atoms with Gasteiger partial charge in [0.1, 0.15) is 5.75 Å². The third kappa shape index (κ3) is 2.86. The molecule has 1 amide bonds. The van der Waals surface area contributed by atoms with Gasteiger partial charge in [0.25, 0.3) is 5.91 Å². The second-order valence-corrected chi connectivity index (χ2v) is 6.85. The van der Waals surface area contributed by atoms with Crippen LogP contribution in [-0.2, 0) is 4.79 Å². The van der Waals surface area contributed by atoms with Gasteiger partial charge in [-0.1, -0.05) is 48.2 Å². The van der Waals surface area contributed by atoms with Crippen molar-refractivity contribution in [3.05, 3.63) is 78.4 Å². The number of rotatable bonds is 2. The number of amides is 1. The molecule has 128 valence electrons. The molecule has 0 saturated heterocycles. The Morgan fingerprint density at radius 3 is 1.96 bits per heavy atom. The normalized spacial score (nSPS) is 12.1. The molecule has 0 N–H and O–H groups in total. The van der Waals surface area contributed by atoms with E-state index in [0.717, 1.165) is 21.2 Å². The third-order valence-corrected chi connectivity index (χ3v) is 5.14. The molecular weight excluding hydrogens is 346 g/mol. The Morgan fingerprint density at radius 1 is 0.808 bits per heavy atom. The van der Waals surface area contributed by atoms with Gasteiger partial charge in [0, 0.05) is 16.7 Å². The molecule has 26 heavy (non-hydrogen) atoms. The summed E-state index contributed by atoms with van der Waals surface area (Å²) in [4.78, 5) is 28.6. The smallest absolute Gasteiger partial charge is 0.308 e. The van der Waals surface area contributed by atoms with E-state index in [4.69, 9.17) is 4.74 Å². The fraction of sp³-hybridized carbons (Fsp3) is 0.0476. The molecular formula is C21H15NO3S. The largest absolute Gasteiger partial charge is 0.426 e. The molecule has 1 aliphatic heterocycles. The minimum absolute atomic E-state index is 0.234. The highest BCUT2D eigenvalue weighted by Crippen LogP contribution is 2.48. The molecule has 0 atom stereocenters. The van der Waals surface area contributed by atoms with Crippen LogP contribution in [0.2, 0.25) is 0 Å². The number of hydrogen-bond donors (Lipinski definition) is 0. The quantitative estimate of drug-likeness (QED) is 0.473. The maximum atomic E-state index is 13.5. The summed E-state index contributed by atoms with van der Waals surface area (Å²) >= 11 is 1.63. The van der Waals surface area contributed by atoms with E-state index in [1.165, 1.54) is 6.92 Å². The molecule has 3 aromatic rings. The number of carbonyl (C=O) groups is 2. The third-order valence-electron chi connectivity index (χ3n) is 4.01. The molecule has 0 unspecified atom stereocenters. The number of esters is 1. The van der Waals surface area contributed by atoms with Crippen LogP contribution in [0.25, 0.3) is 0 Å². The molecule has 4 rings (SSSR count). The minimum atomic E-state index is -0.458. The second kappa shape index (κ2) is 6.69. The van der Waals surface area contributed by atoms with Crippen molar-refractivity contribution in [1.29, 1.82) is 0 Å². The average molecular weight is 361 g/mol. The Morgan fingerprint density at radius 2 is 1.35 bits per heavy atom. The van der Waals surface area contributed by atoms with Gasteiger partial charge in [-0.3, -0.25) is 14.5 Å². The van der Waals surface area contributed by atoms with Crippen molar-refractivity contribution >= 4 is 35.0 Å². The van der Waals surface area contributed by atoms with Gasteiger partial charge in [0.15, 0.2) is 0 Å². The van der Waals surface area contributed by atoms with Gasteiger partial charge in [-0.15, -0.1) is 0 Å². The zero-order chi connectivity index (χ0) is 18.1. The lowest BCUT2D eigenvalue weighted by Gasteiger charge is -2.31. The lowest BCUT2D eigenvalue weighted by Crippen LogP contribution is -2.29. The molecule has 0 aliphatic carbocycles.